The highest BCUT2D eigenvalue weighted by atomic mass is 16.5. The molecule has 0 fully saturated rings. The first-order valence-corrected chi connectivity index (χ1v) is 8.99. The Morgan fingerprint density at radius 3 is 1.82 bits per heavy atom. The summed E-state index contributed by atoms with van der Waals surface area (Å²) in [5.41, 5.74) is 1.43. The second kappa shape index (κ2) is 9.46. The van der Waals surface area contributed by atoms with Crippen LogP contribution in [0.15, 0.2) is 72.8 Å². The highest BCUT2D eigenvalue weighted by molar-refractivity contribution is 5.91. The Morgan fingerprint density at radius 1 is 0.714 bits per heavy atom. The second-order valence-corrected chi connectivity index (χ2v) is 5.96. The molecule has 0 aromatic heterocycles. The van der Waals surface area contributed by atoms with Crippen LogP contribution in [-0.4, -0.2) is 19.7 Å². The van der Waals surface area contributed by atoms with Gasteiger partial charge in [-0.25, -0.2) is 4.79 Å². The molecule has 0 aliphatic carbocycles. The van der Waals surface area contributed by atoms with E-state index < -0.39 is 5.97 Å². The molecule has 0 saturated heterocycles. The molecule has 3 aromatic rings. The van der Waals surface area contributed by atoms with E-state index in [1.165, 1.54) is 0 Å². The van der Waals surface area contributed by atoms with Gasteiger partial charge in [-0.15, -0.1) is 0 Å². The third kappa shape index (κ3) is 5.27. The lowest BCUT2D eigenvalue weighted by Crippen LogP contribution is -2.08. The zero-order valence-corrected chi connectivity index (χ0v) is 15.9. The molecular weight excluding hydrogens is 356 g/mol. The minimum atomic E-state index is -0.416. The Morgan fingerprint density at radius 2 is 1.25 bits per heavy atom. The van der Waals surface area contributed by atoms with Crippen LogP contribution in [0, 0.1) is 0 Å². The Bertz CT molecular complexity index is 884. The average Bonchev–Trinajstić information content (AvgIpc) is 2.74. The van der Waals surface area contributed by atoms with Gasteiger partial charge in [-0.1, -0.05) is 12.1 Å². The summed E-state index contributed by atoms with van der Waals surface area (Å²) in [4.78, 5) is 12.2. The first-order valence-electron chi connectivity index (χ1n) is 8.99. The summed E-state index contributed by atoms with van der Waals surface area (Å²) in [5, 5.41) is 0. The van der Waals surface area contributed by atoms with E-state index in [1.807, 2.05) is 43.3 Å². The van der Waals surface area contributed by atoms with E-state index in [1.54, 1.807) is 43.5 Å². The van der Waals surface area contributed by atoms with E-state index in [0.717, 1.165) is 17.1 Å². The van der Waals surface area contributed by atoms with Crippen LogP contribution in [0.3, 0.4) is 0 Å². The van der Waals surface area contributed by atoms with Crippen molar-refractivity contribution >= 4 is 5.97 Å². The molecule has 0 unspecified atom stereocenters. The van der Waals surface area contributed by atoms with Gasteiger partial charge in [0.1, 0.15) is 29.6 Å². The van der Waals surface area contributed by atoms with Crippen molar-refractivity contribution in [3.63, 3.8) is 0 Å². The van der Waals surface area contributed by atoms with Crippen LogP contribution < -0.4 is 18.9 Å². The maximum atomic E-state index is 12.2. The van der Waals surface area contributed by atoms with Crippen LogP contribution in [0.25, 0.3) is 0 Å². The molecule has 3 aromatic carbocycles. The molecule has 0 bridgehead atoms. The van der Waals surface area contributed by atoms with Gasteiger partial charge in [-0.05, 0) is 73.2 Å². The number of carbonyl (C=O) groups is 1. The standard InChI is InChI=1S/C23H22O5/c1-3-26-20-12-14-21(15-13-20)27-16-17-4-8-22(9-5-17)28-23(24)18-6-10-19(25-2)11-7-18/h4-15H,3,16H2,1-2H3. The normalized spacial score (nSPS) is 10.2. The lowest BCUT2D eigenvalue weighted by atomic mass is 10.2. The lowest BCUT2D eigenvalue weighted by Gasteiger charge is -2.09. The molecule has 3 rings (SSSR count). The summed E-state index contributed by atoms with van der Waals surface area (Å²) in [5.74, 6) is 2.33. The third-order valence-electron chi connectivity index (χ3n) is 4.00. The highest BCUT2D eigenvalue weighted by Gasteiger charge is 2.09. The van der Waals surface area contributed by atoms with Crippen molar-refractivity contribution in [3.05, 3.63) is 83.9 Å². The van der Waals surface area contributed by atoms with Gasteiger partial charge in [0.15, 0.2) is 0 Å². The van der Waals surface area contributed by atoms with E-state index >= 15 is 0 Å². The largest absolute Gasteiger partial charge is 0.497 e. The molecule has 0 saturated carbocycles. The number of ether oxygens (including phenoxy) is 4. The number of rotatable bonds is 8. The van der Waals surface area contributed by atoms with Crippen molar-refractivity contribution < 1.29 is 23.7 Å². The summed E-state index contributed by atoms with van der Waals surface area (Å²) in [6.45, 7) is 3.00. The third-order valence-corrected chi connectivity index (χ3v) is 4.00. The summed E-state index contributed by atoms with van der Waals surface area (Å²) >= 11 is 0. The summed E-state index contributed by atoms with van der Waals surface area (Å²) in [6.07, 6.45) is 0. The van der Waals surface area contributed by atoms with Crippen LogP contribution >= 0.6 is 0 Å². The quantitative estimate of drug-likeness (QED) is 0.412. The predicted molar refractivity (Wildman–Crippen MR) is 106 cm³/mol. The minimum Gasteiger partial charge on any atom is -0.497 e. The minimum absolute atomic E-state index is 0.416. The Kier molecular flexibility index (Phi) is 6.52. The smallest absolute Gasteiger partial charge is 0.343 e. The topological polar surface area (TPSA) is 54.0 Å². The molecule has 28 heavy (non-hydrogen) atoms. The van der Waals surface area contributed by atoms with Crippen LogP contribution in [0.4, 0.5) is 0 Å². The van der Waals surface area contributed by atoms with Crippen molar-refractivity contribution in [3.8, 4) is 23.0 Å². The van der Waals surface area contributed by atoms with Crippen molar-refractivity contribution in [1.82, 2.24) is 0 Å². The van der Waals surface area contributed by atoms with Gasteiger partial charge in [0.25, 0.3) is 0 Å². The van der Waals surface area contributed by atoms with Crippen LogP contribution in [0.1, 0.15) is 22.8 Å². The summed E-state index contributed by atoms with van der Waals surface area (Å²) in [6, 6.07) is 21.5. The molecule has 0 aliphatic heterocycles. The number of benzene rings is 3. The zero-order valence-electron chi connectivity index (χ0n) is 15.9. The number of hydrogen-bond donors (Lipinski definition) is 0. The molecule has 5 nitrogen and oxygen atoms in total. The van der Waals surface area contributed by atoms with Crippen molar-refractivity contribution in [1.29, 1.82) is 0 Å². The molecule has 0 radical (unpaired) electrons. The van der Waals surface area contributed by atoms with Crippen LogP contribution in [0.2, 0.25) is 0 Å². The molecule has 0 aliphatic rings. The lowest BCUT2D eigenvalue weighted by molar-refractivity contribution is 0.0734. The van der Waals surface area contributed by atoms with E-state index in [-0.39, 0.29) is 0 Å². The first-order chi connectivity index (χ1) is 13.7. The number of hydrogen-bond acceptors (Lipinski definition) is 5. The van der Waals surface area contributed by atoms with E-state index in [4.69, 9.17) is 18.9 Å². The van der Waals surface area contributed by atoms with Gasteiger partial charge >= 0.3 is 5.97 Å². The Hall–Kier alpha value is -3.47. The number of esters is 1. The predicted octanol–water partition coefficient (Wildman–Crippen LogP) is 4.89. The van der Waals surface area contributed by atoms with Gasteiger partial charge in [0, 0.05) is 0 Å². The van der Waals surface area contributed by atoms with E-state index in [2.05, 4.69) is 0 Å². The van der Waals surface area contributed by atoms with E-state index in [9.17, 15) is 4.79 Å². The first kappa shape index (κ1) is 19.3. The maximum absolute atomic E-state index is 12.2. The maximum Gasteiger partial charge on any atom is 0.343 e. The highest BCUT2D eigenvalue weighted by Crippen LogP contribution is 2.20. The molecule has 0 atom stereocenters. The van der Waals surface area contributed by atoms with Crippen molar-refractivity contribution in [2.24, 2.45) is 0 Å². The van der Waals surface area contributed by atoms with Gasteiger partial charge in [0.05, 0.1) is 19.3 Å². The monoisotopic (exact) mass is 378 g/mol. The number of carbonyl (C=O) groups excluding carboxylic acids is 1. The molecule has 0 heterocycles. The zero-order chi connectivity index (χ0) is 19.8. The molecule has 0 N–H and O–H groups in total. The molecule has 0 amide bonds. The fourth-order valence-electron chi connectivity index (χ4n) is 2.51. The van der Waals surface area contributed by atoms with Gasteiger partial charge < -0.3 is 18.9 Å². The molecule has 5 heteroatoms. The van der Waals surface area contributed by atoms with Crippen molar-refractivity contribution in [2.45, 2.75) is 13.5 Å². The molecule has 144 valence electrons. The SMILES string of the molecule is CCOc1ccc(OCc2ccc(OC(=O)c3ccc(OC)cc3)cc2)cc1. The van der Waals surface area contributed by atoms with Gasteiger partial charge in [-0.2, -0.15) is 0 Å². The summed E-state index contributed by atoms with van der Waals surface area (Å²) < 4.78 is 21.6. The fourth-order valence-corrected chi connectivity index (χ4v) is 2.51. The van der Waals surface area contributed by atoms with E-state index in [0.29, 0.717) is 30.3 Å². The van der Waals surface area contributed by atoms with Gasteiger partial charge in [-0.3, -0.25) is 0 Å². The van der Waals surface area contributed by atoms with Crippen LogP contribution in [0.5, 0.6) is 23.0 Å². The van der Waals surface area contributed by atoms with Crippen molar-refractivity contribution in [2.75, 3.05) is 13.7 Å². The average molecular weight is 378 g/mol. The Labute approximate surface area is 164 Å². The fraction of sp³-hybridized carbons (Fsp3) is 0.174. The molecular formula is C23H22O5. The second-order valence-electron chi connectivity index (χ2n) is 5.96. The van der Waals surface area contributed by atoms with Crippen LogP contribution in [-0.2, 0) is 6.61 Å². The Balaban J connectivity index is 1.53. The summed E-state index contributed by atoms with van der Waals surface area (Å²) in [7, 11) is 1.58. The van der Waals surface area contributed by atoms with Gasteiger partial charge in [0.2, 0.25) is 0 Å². The molecule has 0 spiro atoms. The number of methoxy groups -OCH3 is 1.